The molecule has 0 spiro atoms. The average Bonchev–Trinajstić information content (AvgIpc) is 2.60. The highest BCUT2D eigenvalue weighted by atomic mass is 35.5. The first kappa shape index (κ1) is 21.0. The van der Waals surface area contributed by atoms with Gasteiger partial charge in [-0.2, -0.15) is 0 Å². The molecule has 7 nitrogen and oxygen atoms in total. The third-order valence-corrected chi connectivity index (χ3v) is 5.73. The number of hydrogen-bond acceptors (Lipinski definition) is 4. The van der Waals surface area contributed by atoms with E-state index in [0.29, 0.717) is 23.7 Å². The van der Waals surface area contributed by atoms with Crippen molar-refractivity contribution in [1.82, 2.24) is 5.32 Å². The number of ether oxygens (including phenoxy) is 1. The second-order valence-corrected chi connectivity index (χ2v) is 8.72. The zero-order chi connectivity index (χ0) is 19.0. The Bertz CT molecular complexity index is 676. The van der Waals surface area contributed by atoms with E-state index in [4.69, 9.17) is 16.3 Å². The summed E-state index contributed by atoms with van der Waals surface area (Å²) >= 11 is 5.85. The number of sulfonamides is 1. The van der Waals surface area contributed by atoms with Crippen molar-refractivity contribution in [3.63, 3.8) is 0 Å². The fraction of sp³-hybridized carbons (Fsp3) is 0.588. The summed E-state index contributed by atoms with van der Waals surface area (Å²) in [6.07, 6.45) is 1.90. The van der Waals surface area contributed by atoms with Crippen LogP contribution in [-0.4, -0.2) is 66.5 Å². The predicted octanol–water partition coefficient (Wildman–Crippen LogP) is -0.0825. The van der Waals surface area contributed by atoms with Gasteiger partial charge < -0.3 is 15.0 Å². The maximum Gasteiger partial charge on any atom is 0.232 e. The van der Waals surface area contributed by atoms with Crippen LogP contribution < -0.4 is 14.5 Å². The van der Waals surface area contributed by atoms with Crippen LogP contribution in [0.25, 0.3) is 0 Å². The van der Waals surface area contributed by atoms with Crippen molar-refractivity contribution in [2.24, 2.45) is 0 Å². The minimum atomic E-state index is -3.42. The summed E-state index contributed by atoms with van der Waals surface area (Å²) in [6, 6.07) is 6.62. The van der Waals surface area contributed by atoms with Crippen LogP contribution in [0.1, 0.15) is 12.8 Å². The predicted molar refractivity (Wildman–Crippen MR) is 102 cm³/mol. The molecule has 0 radical (unpaired) electrons. The average molecular weight is 405 g/mol. The van der Waals surface area contributed by atoms with Gasteiger partial charge in [0.2, 0.25) is 15.9 Å². The van der Waals surface area contributed by atoms with Gasteiger partial charge in [-0.05, 0) is 30.7 Å². The second kappa shape index (κ2) is 10.1. The van der Waals surface area contributed by atoms with Crippen molar-refractivity contribution < 1.29 is 22.8 Å². The highest BCUT2D eigenvalue weighted by molar-refractivity contribution is 7.92. The second-order valence-electron chi connectivity index (χ2n) is 6.38. The number of rotatable bonds is 9. The zero-order valence-corrected chi connectivity index (χ0v) is 16.6. The van der Waals surface area contributed by atoms with E-state index in [0.717, 1.165) is 39.1 Å². The normalized spacial score (nSPS) is 15.6. The van der Waals surface area contributed by atoms with Crippen LogP contribution in [-0.2, 0) is 19.6 Å². The molecule has 0 aliphatic carbocycles. The standard InChI is InChI=1S/C17H26ClN3O4S/c1-26(23,24)21(16-6-4-15(18)5-7-16)9-2-3-17(22)19-8-10-20-11-13-25-14-12-20/h4-7H,2-3,8-14H2,1H3,(H,19,22)/p+1. The number of nitrogens with one attached hydrogen (secondary N) is 2. The van der Waals surface area contributed by atoms with Crippen molar-refractivity contribution in [3.05, 3.63) is 29.3 Å². The molecule has 0 bridgehead atoms. The Labute approximate surface area is 160 Å². The summed E-state index contributed by atoms with van der Waals surface area (Å²) in [5, 5.41) is 3.45. The maximum absolute atomic E-state index is 12.0. The van der Waals surface area contributed by atoms with Gasteiger partial charge in [0, 0.05) is 18.0 Å². The summed E-state index contributed by atoms with van der Waals surface area (Å²) < 4.78 is 30.6. The first-order chi connectivity index (χ1) is 12.4. The van der Waals surface area contributed by atoms with Gasteiger partial charge >= 0.3 is 0 Å². The summed E-state index contributed by atoms with van der Waals surface area (Å²) in [7, 11) is -3.42. The van der Waals surface area contributed by atoms with E-state index >= 15 is 0 Å². The lowest BCUT2D eigenvalue weighted by atomic mass is 10.2. The Kier molecular flexibility index (Phi) is 8.15. The molecule has 0 atom stereocenters. The number of benzene rings is 1. The minimum Gasteiger partial charge on any atom is -0.370 e. The molecular weight excluding hydrogens is 378 g/mol. The van der Waals surface area contributed by atoms with Crippen LogP contribution in [0, 0.1) is 0 Å². The van der Waals surface area contributed by atoms with E-state index in [2.05, 4.69) is 5.32 Å². The molecule has 0 unspecified atom stereocenters. The molecular formula is C17H27ClN3O4S+. The number of carbonyl (C=O) groups is 1. The number of morpholine rings is 1. The first-order valence-corrected chi connectivity index (χ1v) is 11.0. The molecule has 1 fully saturated rings. The Balaban J connectivity index is 1.74. The Morgan fingerprint density at radius 1 is 1.27 bits per heavy atom. The molecule has 1 aromatic carbocycles. The van der Waals surface area contributed by atoms with E-state index in [1.165, 1.54) is 9.21 Å². The molecule has 1 heterocycles. The molecule has 2 N–H and O–H groups in total. The van der Waals surface area contributed by atoms with Crippen molar-refractivity contribution in [2.45, 2.75) is 12.8 Å². The van der Waals surface area contributed by atoms with Crippen LogP contribution in [0.15, 0.2) is 24.3 Å². The fourth-order valence-corrected chi connectivity index (χ4v) is 3.95. The third kappa shape index (κ3) is 7.11. The highest BCUT2D eigenvalue weighted by Crippen LogP contribution is 2.20. The van der Waals surface area contributed by atoms with Crippen molar-refractivity contribution >= 4 is 33.2 Å². The molecule has 146 valence electrons. The number of halogens is 1. The van der Waals surface area contributed by atoms with Gasteiger partial charge in [0.1, 0.15) is 13.1 Å². The minimum absolute atomic E-state index is 0.0535. The number of quaternary nitrogens is 1. The van der Waals surface area contributed by atoms with Gasteiger partial charge in [0.05, 0.1) is 38.2 Å². The van der Waals surface area contributed by atoms with Gasteiger partial charge in [-0.3, -0.25) is 9.10 Å². The van der Waals surface area contributed by atoms with E-state index in [-0.39, 0.29) is 18.9 Å². The topological polar surface area (TPSA) is 80.2 Å². The monoisotopic (exact) mass is 404 g/mol. The van der Waals surface area contributed by atoms with Gasteiger partial charge in [-0.1, -0.05) is 11.6 Å². The van der Waals surface area contributed by atoms with Gasteiger partial charge in [0.25, 0.3) is 0 Å². The number of amides is 1. The molecule has 1 aromatic rings. The van der Waals surface area contributed by atoms with E-state index in [1.807, 2.05) is 0 Å². The maximum atomic E-state index is 12.0. The van der Waals surface area contributed by atoms with Gasteiger partial charge in [-0.25, -0.2) is 8.42 Å². The molecule has 26 heavy (non-hydrogen) atoms. The number of nitrogens with zero attached hydrogens (tertiary/aromatic N) is 1. The summed E-state index contributed by atoms with van der Waals surface area (Å²) in [5.74, 6) is -0.0535. The molecule has 0 aromatic heterocycles. The molecule has 1 saturated heterocycles. The number of anilines is 1. The van der Waals surface area contributed by atoms with E-state index in [1.54, 1.807) is 24.3 Å². The van der Waals surface area contributed by atoms with Gasteiger partial charge in [-0.15, -0.1) is 0 Å². The molecule has 9 heteroatoms. The number of carbonyl (C=O) groups excluding carboxylic acids is 1. The Hall–Kier alpha value is -1.35. The highest BCUT2D eigenvalue weighted by Gasteiger charge is 2.18. The molecule has 2 rings (SSSR count). The van der Waals surface area contributed by atoms with E-state index < -0.39 is 10.0 Å². The fourth-order valence-electron chi connectivity index (χ4n) is 2.85. The first-order valence-electron chi connectivity index (χ1n) is 8.77. The summed E-state index contributed by atoms with van der Waals surface area (Å²) in [5.41, 5.74) is 0.549. The van der Waals surface area contributed by atoms with Crippen LogP contribution in [0.2, 0.25) is 5.02 Å². The van der Waals surface area contributed by atoms with Crippen molar-refractivity contribution in [1.29, 1.82) is 0 Å². The lowest BCUT2D eigenvalue weighted by Gasteiger charge is -2.24. The van der Waals surface area contributed by atoms with Crippen LogP contribution in [0.5, 0.6) is 0 Å². The largest absolute Gasteiger partial charge is 0.370 e. The lowest BCUT2D eigenvalue weighted by Crippen LogP contribution is -3.14. The number of hydrogen-bond donors (Lipinski definition) is 2. The molecule has 0 saturated carbocycles. The third-order valence-electron chi connectivity index (χ3n) is 4.28. The Morgan fingerprint density at radius 3 is 2.54 bits per heavy atom. The summed E-state index contributed by atoms with van der Waals surface area (Å²) in [6.45, 7) is 5.25. The van der Waals surface area contributed by atoms with E-state index in [9.17, 15) is 13.2 Å². The van der Waals surface area contributed by atoms with Gasteiger partial charge in [0.15, 0.2) is 0 Å². The molecule has 1 amide bonds. The molecule has 1 aliphatic heterocycles. The molecule has 1 aliphatic rings. The quantitative estimate of drug-likeness (QED) is 0.603. The van der Waals surface area contributed by atoms with Crippen molar-refractivity contribution in [2.75, 3.05) is 56.5 Å². The zero-order valence-electron chi connectivity index (χ0n) is 15.0. The SMILES string of the molecule is CS(=O)(=O)N(CCCC(=O)NCC[NH+]1CCOCC1)c1ccc(Cl)cc1. The van der Waals surface area contributed by atoms with Crippen molar-refractivity contribution in [3.8, 4) is 0 Å². The smallest absolute Gasteiger partial charge is 0.232 e. The Morgan fingerprint density at radius 2 is 1.92 bits per heavy atom. The lowest BCUT2D eigenvalue weighted by molar-refractivity contribution is -0.906. The summed E-state index contributed by atoms with van der Waals surface area (Å²) in [4.78, 5) is 13.4. The van der Waals surface area contributed by atoms with Crippen LogP contribution >= 0.6 is 11.6 Å². The van der Waals surface area contributed by atoms with Crippen LogP contribution in [0.3, 0.4) is 0 Å². The van der Waals surface area contributed by atoms with Crippen LogP contribution in [0.4, 0.5) is 5.69 Å².